The minimum Gasteiger partial charge on any atom is -0.465 e. The molecule has 4 heteroatoms. The molecule has 0 spiro atoms. The predicted molar refractivity (Wildman–Crippen MR) is 82.1 cm³/mol. The molecule has 0 aliphatic carbocycles. The van der Waals surface area contributed by atoms with Gasteiger partial charge >= 0.3 is 5.97 Å². The van der Waals surface area contributed by atoms with Crippen molar-refractivity contribution in [2.24, 2.45) is 0 Å². The Labute approximate surface area is 120 Å². The molecule has 20 heavy (non-hydrogen) atoms. The average molecular weight is 276 g/mol. The van der Waals surface area contributed by atoms with Crippen LogP contribution in [0, 0.1) is 0 Å². The number of methoxy groups -OCH3 is 1. The number of para-hydroxylation sites is 1. The number of nitrogen functional groups attached to an aromatic ring is 1. The van der Waals surface area contributed by atoms with Crippen molar-refractivity contribution in [3.05, 3.63) is 23.8 Å². The van der Waals surface area contributed by atoms with Crippen molar-refractivity contribution in [2.75, 3.05) is 24.3 Å². The summed E-state index contributed by atoms with van der Waals surface area (Å²) >= 11 is 0. The number of ether oxygens (including phenoxy) is 1. The third-order valence-corrected chi connectivity index (χ3v) is 4.15. The molecule has 0 aromatic heterocycles. The third kappa shape index (κ3) is 2.89. The number of esters is 1. The van der Waals surface area contributed by atoms with Crippen LogP contribution in [0.3, 0.4) is 0 Å². The maximum absolute atomic E-state index is 11.8. The first kappa shape index (κ1) is 14.7. The van der Waals surface area contributed by atoms with Crippen LogP contribution >= 0.6 is 0 Å². The van der Waals surface area contributed by atoms with Crippen molar-refractivity contribution in [1.82, 2.24) is 0 Å². The summed E-state index contributed by atoms with van der Waals surface area (Å²) in [4.78, 5) is 14.1. The number of benzene rings is 1. The van der Waals surface area contributed by atoms with Gasteiger partial charge in [-0.15, -0.1) is 0 Å². The van der Waals surface area contributed by atoms with E-state index >= 15 is 0 Å². The Morgan fingerprint density at radius 1 is 1.40 bits per heavy atom. The van der Waals surface area contributed by atoms with Gasteiger partial charge in [0.25, 0.3) is 0 Å². The first-order valence-corrected chi connectivity index (χ1v) is 7.42. The molecule has 1 aromatic rings. The number of anilines is 2. The lowest BCUT2D eigenvalue weighted by Crippen LogP contribution is -2.35. The number of nitrogens with zero attached hydrogens (tertiary/aromatic N) is 1. The first-order valence-electron chi connectivity index (χ1n) is 7.42. The Bertz CT molecular complexity index is 474. The van der Waals surface area contributed by atoms with Gasteiger partial charge < -0.3 is 15.4 Å². The summed E-state index contributed by atoms with van der Waals surface area (Å²) in [5.74, 6) is -0.368. The Morgan fingerprint density at radius 3 is 2.90 bits per heavy atom. The van der Waals surface area contributed by atoms with E-state index < -0.39 is 0 Å². The van der Waals surface area contributed by atoms with Crippen LogP contribution in [0.4, 0.5) is 11.4 Å². The number of hydrogen-bond donors (Lipinski definition) is 1. The molecule has 1 aliphatic heterocycles. The van der Waals surface area contributed by atoms with E-state index in [0.717, 1.165) is 18.7 Å². The summed E-state index contributed by atoms with van der Waals surface area (Å²) in [6.07, 6.45) is 6.01. The number of carbonyl (C=O) groups excluding carboxylic acids is 1. The number of hydrogen-bond acceptors (Lipinski definition) is 4. The van der Waals surface area contributed by atoms with Gasteiger partial charge in [0.15, 0.2) is 0 Å². The summed E-state index contributed by atoms with van der Waals surface area (Å²) in [5.41, 5.74) is 8.19. The first-order chi connectivity index (χ1) is 9.69. The smallest absolute Gasteiger partial charge is 0.340 e. The van der Waals surface area contributed by atoms with Crippen molar-refractivity contribution < 1.29 is 9.53 Å². The van der Waals surface area contributed by atoms with Crippen molar-refractivity contribution >= 4 is 17.3 Å². The topological polar surface area (TPSA) is 55.6 Å². The van der Waals surface area contributed by atoms with Gasteiger partial charge in [0.05, 0.1) is 24.0 Å². The second-order valence-corrected chi connectivity index (χ2v) is 5.33. The van der Waals surface area contributed by atoms with E-state index in [1.807, 2.05) is 12.1 Å². The third-order valence-electron chi connectivity index (χ3n) is 4.15. The quantitative estimate of drug-likeness (QED) is 0.680. The molecule has 2 rings (SSSR count). The fraction of sp³-hybridized carbons (Fsp3) is 0.562. The van der Waals surface area contributed by atoms with E-state index in [0.29, 0.717) is 17.3 Å². The standard InChI is InChI=1S/C16H24N2O2/c1-3-12-8-5-4-6-11-18(12)14-10-7-9-13(15(14)17)16(19)20-2/h7,9-10,12H,3-6,8,11,17H2,1-2H3. The minimum atomic E-state index is -0.368. The molecule has 1 atom stereocenters. The van der Waals surface area contributed by atoms with Crippen molar-refractivity contribution in [1.29, 1.82) is 0 Å². The summed E-state index contributed by atoms with van der Waals surface area (Å²) in [5, 5.41) is 0. The second-order valence-electron chi connectivity index (χ2n) is 5.33. The van der Waals surface area contributed by atoms with E-state index in [-0.39, 0.29) is 5.97 Å². The van der Waals surface area contributed by atoms with Crippen LogP contribution in [0.25, 0.3) is 0 Å². The summed E-state index contributed by atoms with van der Waals surface area (Å²) in [6, 6.07) is 6.13. The van der Waals surface area contributed by atoms with E-state index in [1.54, 1.807) is 6.07 Å². The molecular weight excluding hydrogens is 252 g/mol. The molecule has 0 amide bonds. The molecule has 1 aliphatic rings. The van der Waals surface area contributed by atoms with Gasteiger partial charge in [-0.05, 0) is 31.4 Å². The van der Waals surface area contributed by atoms with Crippen molar-refractivity contribution in [3.63, 3.8) is 0 Å². The van der Waals surface area contributed by atoms with Gasteiger partial charge in [0.1, 0.15) is 0 Å². The lowest BCUT2D eigenvalue weighted by Gasteiger charge is -2.32. The van der Waals surface area contributed by atoms with Crippen molar-refractivity contribution in [2.45, 2.75) is 45.1 Å². The molecular formula is C16H24N2O2. The summed E-state index contributed by atoms with van der Waals surface area (Å²) in [7, 11) is 1.38. The van der Waals surface area contributed by atoms with E-state index in [4.69, 9.17) is 10.5 Å². The fourth-order valence-electron chi connectivity index (χ4n) is 3.01. The van der Waals surface area contributed by atoms with Crippen LogP contribution in [0.15, 0.2) is 18.2 Å². The van der Waals surface area contributed by atoms with Crippen LogP contribution in [-0.4, -0.2) is 25.7 Å². The van der Waals surface area contributed by atoms with E-state index in [1.165, 1.54) is 32.8 Å². The lowest BCUT2D eigenvalue weighted by molar-refractivity contribution is 0.0602. The normalized spacial score (nSPS) is 19.5. The van der Waals surface area contributed by atoms with Crippen LogP contribution in [-0.2, 0) is 4.74 Å². The molecule has 1 aromatic carbocycles. The van der Waals surface area contributed by atoms with Crippen LogP contribution in [0.2, 0.25) is 0 Å². The zero-order chi connectivity index (χ0) is 14.5. The average Bonchev–Trinajstić information content (AvgIpc) is 2.71. The Balaban J connectivity index is 2.37. The molecule has 0 radical (unpaired) electrons. The number of carbonyl (C=O) groups is 1. The van der Waals surface area contributed by atoms with Crippen molar-refractivity contribution in [3.8, 4) is 0 Å². The minimum absolute atomic E-state index is 0.368. The van der Waals surface area contributed by atoms with Gasteiger partial charge in [0.2, 0.25) is 0 Å². The molecule has 1 heterocycles. The summed E-state index contributed by atoms with van der Waals surface area (Å²) in [6.45, 7) is 3.22. The highest BCUT2D eigenvalue weighted by atomic mass is 16.5. The molecule has 1 unspecified atom stereocenters. The largest absolute Gasteiger partial charge is 0.465 e. The molecule has 2 N–H and O–H groups in total. The zero-order valence-electron chi connectivity index (χ0n) is 12.4. The molecule has 1 fully saturated rings. The number of rotatable bonds is 3. The highest BCUT2D eigenvalue weighted by Crippen LogP contribution is 2.32. The SMILES string of the molecule is CCC1CCCCCN1c1cccc(C(=O)OC)c1N. The van der Waals surface area contributed by atoms with Gasteiger partial charge in [-0.2, -0.15) is 0 Å². The van der Waals surface area contributed by atoms with Gasteiger partial charge in [0, 0.05) is 12.6 Å². The highest BCUT2D eigenvalue weighted by Gasteiger charge is 2.23. The molecule has 110 valence electrons. The zero-order valence-corrected chi connectivity index (χ0v) is 12.4. The monoisotopic (exact) mass is 276 g/mol. The number of nitrogens with two attached hydrogens (primary N) is 1. The maximum Gasteiger partial charge on any atom is 0.340 e. The second kappa shape index (κ2) is 6.64. The van der Waals surface area contributed by atoms with Gasteiger partial charge in [-0.1, -0.05) is 25.8 Å². The van der Waals surface area contributed by atoms with E-state index in [2.05, 4.69) is 11.8 Å². The van der Waals surface area contributed by atoms with E-state index in [9.17, 15) is 4.79 Å². The van der Waals surface area contributed by atoms with Crippen LogP contribution in [0.1, 0.15) is 49.4 Å². The highest BCUT2D eigenvalue weighted by molar-refractivity contribution is 5.98. The molecule has 0 bridgehead atoms. The van der Waals surface area contributed by atoms with Gasteiger partial charge in [-0.3, -0.25) is 0 Å². The lowest BCUT2D eigenvalue weighted by atomic mass is 10.1. The fourth-order valence-corrected chi connectivity index (χ4v) is 3.01. The predicted octanol–water partition coefficient (Wildman–Crippen LogP) is 3.21. The Kier molecular flexibility index (Phi) is 4.88. The van der Waals surface area contributed by atoms with Gasteiger partial charge in [-0.25, -0.2) is 4.79 Å². The van der Waals surface area contributed by atoms with Crippen LogP contribution < -0.4 is 10.6 Å². The summed E-state index contributed by atoms with van der Waals surface area (Å²) < 4.78 is 4.80. The Hall–Kier alpha value is -1.71. The molecule has 1 saturated heterocycles. The van der Waals surface area contributed by atoms with Crippen LogP contribution in [0.5, 0.6) is 0 Å². The Morgan fingerprint density at radius 2 is 2.20 bits per heavy atom. The molecule has 4 nitrogen and oxygen atoms in total. The maximum atomic E-state index is 11.8. The molecule has 0 saturated carbocycles.